The average molecular weight is 535 g/mol. The number of hydrogen-bond acceptors (Lipinski definition) is 5. The quantitative estimate of drug-likeness (QED) is 0.346. The van der Waals surface area contributed by atoms with Crippen LogP contribution in [0.3, 0.4) is 0 Å². The summed E-state index contributed by atoms with van der Waals surface area (Å²) in [6.07, 6.45) is -3.54. The molecule has 0 atom stereocenters. The number of benzene rings is 1. The van der Waals surface area contributed by atoms with Crippen LogP contribution in [0.4, 0.5) is 19.0 Å². The van der Waals surface area contributed by atoms with Crippen LogP contribution in [0.2, 0.25) is 18.1 Å². The fraction of sp³-hybridized carbons (Fsp3) is 0.556. The standard InChI is InChI=1S/C27H37F3N4O2Si/c1-19-20(8-7-9-21(19)27(28,29)30)18-23-22(12-15-36-37(5,6)26(2,3)4)31-24-10-11-25(32-34(23)24)33-13-16-35-17-14-33/h7-11H,12-18H2,1-6H3. The number of fused-ring (bicyclic) bond motifs is 1. The minimum atomic E-state index is -4.40. The third kappa shape index (κ3) is 6.02. The number of anilines is 1. The molecule has 4 rings (SSSR count). The van der Waals surface area contributed by atoms with Crippen molar-refractivity contribution < 1.29 is 22.3 Å². The Morgan fingerprint density at radius 1 is 1.05 bits per heavy atom. The molecule has 1 aromatic carbocycles. The molecular weight excluding hydrogens is 497 g/mol. The number of aromatic nitrogens is 3. The van der Waals surface area contributed by atoms with Gasteiger partial charge in [-0.1, -0.05) is 32.9 Å². The number of morpholine rings is 1. The molecule has 0 saturated carbocycles. The van der Waals surface area contributed by atoms with Crippen molar-refractivity contribution in [1.82, 2.24) is 14.6 Å². The molecule has 202 valence electrons. The highest BCUT2D eigenvalue weighted by molar-refractivity contribution is 6.74. The van der Waals surface area contributed by atoms with Crippen LogP contribution in [-0.2, 0) is 28.2 Å². The van der Waals surface area contributed by atoms with Crippen LogP contribution in [0.5, 0.6) is 0 Å². The topological polar surface area (TPSA) is 51.9 Å². The van der Waals surface area contributed by atoms with E-state index in [-0.39, 0.29) is 10.6 Å². The zero-order chi connectivity index (χ0) is 27.0. The second-order valence-electron chi connectivity index (χ2n) is 11.2. The van der Waals surface area contributed by atoms with Crippen molar-refractivity contribution in [1.29, 1.82) is 0 Å². The Hall–Kier alpha value is -2.43. The van der Waals surface area contributed by atoms with Gasteiger partial charge in [0, 0.05) is 32.5 Å². The van der Waals surface area contributed by atoms with Gasteiger partial charge in [-0.2, -0.15) is 13.2 Å². The van der Waals surface area contributed by atoms with E-state index in [0.717, 1.165) is 36.4 Å². The van der Waals surface area contributed by atoms with Crippen molar-refractivity contribution in [2.75, 3.05) is 37.8 Å². The zero-order valence-corrected chi connectivity index (χ0v) is 23.6. The molecule has 1 saturated heterocycles. The first-order valence-corrected chi connectivity index (χ1v) is 15.7. The predicted molar refractivity (Wildman–Crippen MR) is 142 cm³/mol. The summed E-state index contributed by atoms with van der Waals surface area (Å²) in [5, 5.41) is 4.96. The summed E-state index contributed by atoms with van der Waals surface area (Å²) in [6, 6.07) is 8.24. The van der Waals surface area contributed by atoms with E-state index in [1.54, 1.807) is 10.6 Å². The summed E-state index contributed by atoms with van der Waals surface area (Å²) in [4.78, 5) is 7.00. The highest BCUT2D eigenvalue weighted by Crippen LogP contribution is 2.37. The van der Waals surface area contributed by atoms with Crippen molar-refractivity contribution in [3.05, 3.63) is 58.4 Å². The maximum absolute atomic E-state index is 13.6. The maximum Gasteiger partial charge on any atom is 0.416 e. The molecule has 1 fully saturated rings. The number of hydrogen-bond donors (Lipinski definition) is 0. The lowest BCUT2D eigenvalue weighted by atomic mass is 9.97. The Balaban J connectivity index is 1.72. The predicted octanol–water partition coefficient (Wildman–Crippen LogP) is 6.05. The molecule has 0 unspecified atom stereocenters. The zero-order valence-electron chi connectivity index (χ0n) is 22.6. The van der Waals surface area contributed by atoms with Gasteiger partial charge in [-0.25, -0.2) is 9.50 Å². The highest BCUT2D eigenvalue weighted by atomic mass is 28.4. The first-order valence-electron chi connectivity index (χ1n) is 12.8. The summed E-state index contributed by atoms with van der Waals surface area (Å²) < 4.78 is 54.5. The Kier molecular flexibility index (Phi) is 7.74. The summed E-state index contributed by atoms with van der Waals surface area (Å²) in [6.45, 7) is 15.8. The number of halogens is 3. The number of alkyl halides is 3. The molecular formula is C27H37F3N4O2Si. The van der Waals surface area contributed by atoms with E-state index < -0.39 is 20.1 Å². The number of ether oxygens (including phenoxy) is 1. The van der Waals surface area contributed by atoms with Crippen molar-refractivity contribution >= 4 is 19.8 Å². The van der Waals surface area contributed by atoms with Gasteiger partial charge in [0.15, 0.2) is 14.0 Å². The van der Waals surface area contributed by atoms with Crippen molar-refractivity contribution in [3.8, 4) is 0 Å². The number of imidazole rings is 1. The molecule has 10 heteroatoms. The monoisotopic (exact) mass is 534 g/mol. The summed E-state index contributed by atoms with van der Waals surface area (Å²) >= 11 is 0. The Morgan fingerprint density at radius 2 is 1.76 bits per heavy atom. The van der Waals surface area contributed by atoms with E-state index in [0.29, 0.717) is 43.9 Å². The molecule has 2 aromatic heterocycles. The van der Waals surface area contributed by atoms with Crippen molar-refractivity contribution in [2.45, 2.75) is 64.8 Å². The fourth-order valence-corrected chi connectivity index (χ4v) is 5.38. The minimum absolute atomic E-state index is 0.0818. The lowest BCUT2D eigenvalue weighted by Gasteiger charge is -2.36. The Labute approximate surface area is 217 Å². The Bertz CT molecular complexity index is 1240. The molecule has 3 heterocycles. The normalized spacial score (nSPS) is 15.5. The molecule has 0 amide bonds. The van der Waals surface area contributed by atoms with Gasteiger partial charge in [-0.3, -0.25) is 0 Å². The minimum Gasteiger partial charge on any atom is -0.416 e. The van der Waals surface area contributed by atoms with Gasteiger partial charge in [-0.15, -0.1) is 5.10 Å². The second kappa shape index (κ2) is 10.4. The number of nitrogens with zero attached hydrogens (tertiary/aromatic N) is 4. The van der Waals surface area contributed by atoms with Gasteiger partial charge < -0.3 is 14.1 Å². The maximum atomic E-state index is 13.6. The highest BCUT2D eigenvalue weighted by Gasteiger charge is 2.37. The van der Waals surface area contributed by atoms with Gasteiger partial charge in [0.25, 0.3) is 0 Å². The molecule has 37 heavy (non-hydrogen) atoms. The van der Waals surface area contributed by atoms with Crippen LogP contribution < -0.4 is 4.90 Å². The van der Waals surface area contributed by atoms with Crippen LogP contribution in [0.1, 0.15) is 48.8 Å². The lowest BCUT2D eigenvalue weighted by Crippen LogP contribution is -2.41. The SMILES string of the molecule is Cc1c(Cc2c(CCO[Si](C)(C)C(C)(C)C)nc3ccc(N4CCOCC4)nn23)cccc1C(F)(F)F. The fourth-order valence-electron chi connectivity index (χ4n) is 4.34. The van der Waals surface area contributed by atoms with Crippen LogP contribution >= 0.6 is 0 Å². The van der Waals surface area contributed by atoms with E-state index in [1.165, 1.54) is 13.0 Å². The lowest BCUT2D eigenvalue weighted by molar-refractivity contribution is -0.138. The van der Waals surface area contributed by atoms with E-state index in [9.17, 15) is 13.2 Å². The average Bonchev–Trinajstić information content (AvgIpc) is 3.15. The largest absolute Gasteiger partial charge is 0.416 e. The van der Waals surface area contributed by atoms with Crippen molar-refractivity contribution in [2.24, 2.45) is 0 Å². The third-order valence-electron chi connectivity index (χ3n) is 7.69. The summed E-state index contributed by atoms with van der Waals surface area (Å²) in [5.41, 5.74) is 2.52. The van der Waals surface area contributed by atoms with Crippen LogP contribution in [-0.4, -0.2) is 55.8 Å². The summed E-state index contributed by atoms with van der Waals surface area (Å²) in [5.74, 6) is 0.805. The van der Waals surface area contributed by atoms with Crippen molar-refractivity contribution in [3.63, 3.8) is 0 Å². The molecule has 0 bridgehead atoms. The van der Waals surface area contributed by atoms with Gasteiger partial charge in [0.05, 0.1) is 30.2 Å². The van der Waals surface area contributed by atoms with E-state index >= 15 is 0 Å². The van der Waals surface area contributed by atoms with Crippen LogP contribution in [0, 0.1) is 6.92 Å². The molecule has 6 nitrogen and oxygen atoms in total. The molecule has 0 N–H and O–H groups in total. The van der Waals surface area contributed by atoms with E-state index in [1.807, 2.05) is 12.1 Å². The van der Waals surface area contributed by atoms with Gasteiger partial charge in [0.1, 0.15) is 5.82 Å². The Morgan fingerprint density at radius 3 is 2.41 bits per heavy atom. The number of rotatable bonds is 7. The van der Waals surface area contributed by atoms with Gasteiger partial charge in [-0.05, 0) is 54.4 Å². The van der Waals surface area contributed by atoms with Gasteiger partial charge in [0.2, 0.25) is 0 Å². The smallest absolute Gasteiger partial charge is 0.416 e. The molecule has 0 spiro atoms. The molecule has 0 radical (unpaired) electrons. The second-order valence-corrected chi connectivity index (χ2v) is 16.0. The molecule has 1 aliphatic rings. The van der Waals surface area contributed by atoms with Crippen LogP contribution in [0.15, 0.2) is 30.3 Å². The van der Waals surface area contributed by atoms with E-state index in [2.05, 4.69) is 38.8 Å². The summed E-state index contributed by atoms with van der Waals surface area (Å²) in [7, 11) is -1.95. The van der Waals surface area contributed by atoms with Gasteiger partial charge >= 0.3 is 6.18 Å². The molecule has 1 aliphatic heterocycles. The molecule has 0 aliphatic carbocycles. The first-order chi connectivity index (χ1) is 17.3. The van der Waals surface area contributed by atoms with Crippen LogP contribution in [0.25, 0.3) is 5.65 Å². The first kappa shape index (κ1) is 27.6. The third-order valence-corrected chi connectivity index (χ3v) is 12.2. The molecule has 3 aromatic rings. The van der Waals surface area contributed by atoms with E-state index in [4.69, 9.17) is 19.2 Å².